The van der Waals surface area contributed by atoms with Gasteiger partial charge in [0.25, 0.3) is 5.56 Å². The summed E-state index contributed by atoms with van der Waals surface area (Å²) >= 11 is 6.15. The quantitative estimate of drug-likeness (QED) is 0.655. The maximum absolute atomic E-state index is 13.0. The van der Waals surface area contributed by atoms with Crippen molar-refractivity contribution in [3.8, 4) is 5.69 Å². The van der Waals surface area contributed by atoms with Crippen molar-refractivity contribution in [3.63, 3.8) is 0 Å². The molecule has 0 aliphatic heterocycles. The zero-order valence-electron chi connectivity index (χ0n) is 15.1. The second kappa shape index (κ2) is 7.10. The predicted octanol–water partition coefficient (Wildman–Crippen LogP) is 2.77. The molecule has 0 saturated heterocycles. The molecular formula is C17H16ClF3N4O3. The fourth-order valence-electron chi connectivity index (χ4n) is 3.01. The normalized spacial score (nSPS) is 13.2. The second-order valence-corrected chi connectivity index (χ2v) is 6.64. The molecule has 0 aliphatic rings. The number of benzene rings is 1. The summed E-state index contributed by atoms with van der Waals surface area (Å²) in [5, 5.41) is 5.03. The number of hydrogen-bond acceptors (Lipinski definition) is 4. The first-order chi connectivity index (χ1) is 13.1. The summed E-state index contributed by atoms with van der Waals surface area (Å²) in [5.74, 6) is 0. The van der Waals surface area contributed by atoms with Gasteiger partial charge in [-0.2, -0.15) is 18.3 Å². The van der Waals surface area contributed by atoms with Gasteiger partial charge in [-0.1, -0.05) is 11.6 Å². The highest BCUT2D eigenvalue weighted by molar-refractivity contribution is 6.34. The van der Waals surface area contributed by atoms with Gasteiger partial charge in [0.2, 0.25) is 0 Å². The third kappa shape index (κ3) is 3.33. The number of aromatic nitrogens is 4. The van der Waals surface area contributed by atoms with Gasteiger partial charge in [-0.3, -0.25) is 14.0 Å². The zero-order valence-corrected chi connectivity index (χ0v) is 15.9. The van der Waals surface area contributed by atoms with Crippen molar-refractivity contribution in [2.45, 2.75) is 19.1 Å². The monoisotopic (exact) mass is 416 g/mol. The SMILES string of the molecule is COCC(C)n1nc(Cl)c2ccc(-n3c(=O)cc(C(F)(F)F)n(C)c3=O)cc21. The average Bonchev–Trinajstić information content (AvgIpc) is 2.94. The highest BCUT2D eigenvalue weighted by atomic mass is 35.5. The second-order valence-electron chi connectivity index (χ2n) is 6.28. The van der Waals surface area contributed by atoms with Crippen molar-refractivity contribution >= 4 is 22.5 Å². The molecule has 28 heavy (non-hydrogen) atoms. The van der Waals surface area contributed by atoms with E-state index in [1.807, 2.05) is 6.92 Å². The van der Waals surface area contributed by atoms with Gasteiger partial charge < -0.3 is 4.74 Å². The van der Waals surface area contributed by atoms with Crippen LogP contribution in [0.3, 0.4) is 0 Å². The van der Waals surface area contributed by atoms with E-state index in [-0.39, 0.29) is 16.9 Å². The maximum atomic E-state index is 13.0. The molecule has 3 rings (SSSR count). The number of hydrogen-bond donors (Lipinski definition) is 0. The van der Waals surface area contributed by atoms with Crippen LogP contribution in [0.15, 0.2) is 33.9 Å². The van der Waals surface area contributed by atoms with E-state index in [2.05, 4.69) is 5.10 Å². The number of nitrogens with zero attached hydrogens (tertiary/aromatic N) is 4. The number of rotatable bonds is 4. The Bertz CT molecular complexity index is 1160. The molecular weight excluding hydrogens is 401 g/mol. The first-order valence-corrected chi connectivity index (χ1v) is 8.51. The molecule has 0 fully saturated rings. The van der Waals surface area contributed by atoms with Crippen LogP contribution in [0.1, 0.15) is 18.7 Å². The Morgan fingerprint density at radius 1 is 1.25 bits per heavy atom. The summed E-state index contributed by atoms with van der Waals surface area (Å²) in [7, 11) is 2.49. The standard InChI is InChI=1S/C17H16ClF3N4O3/c1-9(8-28-3)25-12-6-10(4-5-11(12)15(18)22-25)24-14(26)7-13(17(19,20)21)23(2)16(24)27/h4-7,9H,8H2,1-3H3. The molecule has 0 N–H and O–H groups in total. The first kappa shape index (κ1) is 20.2. The lowest BCUT2D eigenvalue weighted by Crippen LogP contribution is -2.40. The topological polar surface area (TPSA) is 71.0 Å². The number of halogens is 4. The van der Waals surface area contributed by atoms with Crippen molar-refractivity contribution in [1.82, 2.24) is 18.9 Å². The Morgan fingerprint density at radius 3 is 2.54 bits per heavy atom. The zero-order chi connectivity index (χ0) is 20.8. The van der Waals surface area contributed by atoms with E-state index >= 15 is 0 Å². The summed E-state index contributed by atoms with van der Waals surface area (Å²) in [6.45, 7) is 2.17. The first-order valence-electron chi connectivity index (χ1n) is 8.13. The molecule has 2 aromatic heterocycles. The van der Waals surface area contributed by atoms with Crippen LogP contribution in [0.4, 0.5) is 13.2 Å². The van der Waals surface area contributed by atoms with Gasteiger partial charge >= 0.3 is 11.9 Å². The largest absolute Gasteiger partial charge is 0.431 e. The molecule has 0 aliphatic carbocycles. The van der Waals surface area contributed by atoms with Crippen LogP contribution in [0, 0.1) is 0 Å². The van der Waals surface area contributed by atoms with Crippen LogP contribution in [0.5, 0.6) is 0 Å². The molecule has 7 nitrogen and oxygen atoms in total. The van der Waals surface area contributed by atoms with Crippen molar-refractivity contribution in [2.24, 2.45) is 7.05 Å². The van der Waals surface area contributed by atoms with Crippen LogP contribution in [0.25, 0.3) is 16.6 Å². The van der Waals surface area contributed by atoms with E-state index in [1.54, 1.807) is 10.7 Å². The van der Waals surface area contributed by atoms with Gasteiger partial charge in [0.05, 0.1) is 23.9 Å². The Kier molecular flexibility index (Phi) is 5.11. The highest BCUT2D eigenvalue weighted by Gasteiger charge is 2.35. The molecule has 1 aromatic carbocycles. The van der Waals surface area contributed by atoms with Crippen LogP contribution in [-0.4, -0.2) is 32.6 Å². The van der Waals surface area contributed by atoms with E-state index in [0.717, 1.165) is 7.05 Å². The molecule has 0 bridgehead atoms. The lowest BCUT2D eigenvalue weighted by molar-refractivity contribution is -0.144. The third-order valence-corrected chi connectivity index (χ3v) is 4.62. The van der Waals surface area contributed by atoms with Gasteiger partial charge in [-0.25, -0.2) is 9.36 Å². The number of methoxy groups -OCH3 is 1. The molecule has 0 amide bonds. The number of ether oxygens (including phenoxy) is 1. The molecule has 11 heteroatoms. The van der Waals surface area contributed by atoms with Crippen LogP contribution >= 0.6 is 11.6 Å². The van der Waals surface area contributed by atoms with Gasteiger partial charge in [-0.15, -0.1) is 0 Å². The Morgan fingerprint density at radius 2 is 1.93 bits per heavy atom. The molecule has 150 valence electrons. The number of alkyl halides is 3. The lowest BCUT2D eigenvalue weighted by Gasteiger charge is -2.15. The van der Waals surface area contributed by atoms with Gasteiger partial charge in [0.15, 0.2) is 5.15 Å². The highest BCUT2D eigenvalue weighted by Crippen LogP contribution is 2.28. The van der Waals surface area contributed by atoms with Crippen molar-refractivity contribution in [1.29, 1.82) is 0 Å². The van der Waals surface area contributed by atoms with Crippen molar-refractivity contribution in [2.75, 3.05) is 13.7 Å². The summed E-state index contributed by atoms with van der Waals surface area (Å²) < 4.78 is 46.8. The molecule has 0 radical (unpaired) electrons. The van der Waals surface area contributed by atoms with Crippen LogP contribution in [-0.2, 0) is 18.0 Å². The number of fused-ring (bicyclic) bond motifs is 1. The van der Waals surface area contributed by atoms with Crippen LogP contribution < -0.4 is 11.2 Å². The van der Waals surface area contributed by atoms with Gasteiger partial charge in [0, 0.05) is 25.6 Å². The van der Waals surface area contributed by atoms with Crippen LogP contribution in [0.2, 0.25) is 5.15 Å². The maximum Gasteiger partial charge on any atom is 0.431 e. The molecule has 1 atom stereocenters. The Balaban J connectivity index is 2.26. The molecule has 0 saturated carbocycles. The van der Waals surface area contributed by atoms with Crippen molar-refractivity contribution in [3.05, 3.63) is 56.0 Å². The van der Waals surface area contributed by atoms with Crippen molar-refractivity contribution < 1.29 is 17.9 Å². The van der Waals surface area contributed by atoms with Gasteiger partial charge in [0.1, 0.15) is 5.69 Å². The lowest BCUT2D eigenvalue weighted by atomic mass is 10.2. The van der Waals surface area contributed by atoms with E-state index in [4.69, 9.17) is 16.3 Å². The molecule has 3 aromatic rings. The Hall–Kier alpha value is -2.59. The Labute approximate surface area is 161 Å². The van der Waals surface area contributed by atoms with E-state index in [0.29, 0.717) is 32.7 Å². The summed E-state index contributed by atoms with van der Waals surface area (Å²) in [6.07, 6.45) is -4.82. The minimum Gasteiger partial charge on any atom is -0.382 e. The fourth-order valence-corrected chi connectivity index (χ4v) is 3.25. The van der Waals surface area contributed by atoms with E-state index in [9.17, 15) is 22.8 Å². The smallest absolute Gasteiger partial charge is 0.382 e. The van der Waals surface area contributed by atoms with Gasteiger partial charge in [-0.05, 0) is 25.1 Å². The minimum atomic E-state index is -4.82. The fraction of sp³-hybridized carbons (Fsp3) is 0.353. The third-order valence-electron chi connectivity index (χ3n) is 4.34. The molecule has 1 unspecified atom stereocenters. The molecule has 0 spiro atoms. The van der Waals surface area contributed by atoms with E-state index < -0.39 is 23.1 Å². The summed E-state index contributed by atoms with van der Waals surface area (Å²) in [6, 6.07) is 4.65. The molecule has 2 heterocycles. The minimum absolute atomic E-state index is 0.106. The summed E-state index contributed by atoms with van der Waals surface area (Å²) in [5.41, 5.74) is -2.89. The summed E-state index contributed by atoms with van der Waals surface area (Å²) in [4.78, 5) is 24.8. The predicted molar refractivity (Wildman–Crippen MR) is 97.2 cm³/mol. The average molecular weight is 417 g/mol. The van der Waals surface area contributed by atoms with E-state index in [1.165, 1.54) is 19.2 Å².